The molecule has 0 aliphatic carbocycles. The van der Waals surface area contributed by atoms with Crippen molar-refractivity contribution in [2.75, 3.05) is 39.8 Å². The number of aromatic nitrogens is 1. The third-order valence-corrected chi connectivity index (χ3v) is 8.57. The zero-order chi connectivity index (χ0) is 31.3. The van der Waals surface area contributed by atoms with E-state index in [2.05, 4.69) is 92.4 Å². The number of piperidine rings is 1. The number of amides is 2. The lowest BCUT2D eigenvalue weighted by Gasteiger charge is -2.49. The van der Waals surface area contributed by atoms with Crippen molar-refractivity contribution in [2.45, 2.75) is 92.7 Å². The summed E-state index contributed by atoms with van der Waals surface area (Å²) >= 11 is 0. The number of nitrogens with zero attached hydrogens (tertiary/aromatic N) is 4. The number of piperazine rings is 1. The van der Waals surface area contributed by atoms with E-state index in [1.807, 2.05) is 26.1 Å². The van der Waals surface area contributed by atoms with Crippen LogP contribution in [0.2, 0.25) is 0 Å². The summed E-state index contributed by atoms with van der Waals surface area (Å²) in [5.74, 6) is 0.872. The summed E-state index contributed by atoms with van der Waals surface area (Å²) in [6.07, 6.45) is 7.37. The Kier molecular flexibility index (Phi) is 14.7. The second-order valence-corrected chi connectivity index (χ2v) is 12.6. The molecule has 2 saturated heterocycles. The van der Waals surface area contributed by atoms with Gasteiger partial charge in [0.25, 0.3) is 0 Å². The van der Waals surface area contributed by atoms with Gasteiger partial charge in [-0.25, -0.2) is 0 Å². The predicted molar refractivity (Wildman–Crippen MR) is 174 cm³/mol. The predicted octanol–water partition coefficient (Wildman–Crippen LogP) is 5.85. The molecule has 2 aromatic rings. The zero-order valence-corrected chi connectivity index (χ0v) is 27.6. The number of aryl methyl sites for hydroxylation is 2. The van der Waals surface area contributed by atoms with Crippen molar-refractivity contribution in [1.82, 2.24) is 19.7 Å². The molecule has 2 N–H and O–H groups in total. The van der Waals surface area contributed by atoms with Gasteiger partial charge in [-0.15, -0.1) is 0 Å². The standard InChI is InChI=1S/C32H48N4O.C2H6.CH3NO/c1-7-10-26-22-27(13-12-24(26)2)31(28-11-8-9-16-33-28)35-19-20-36(29(23-35)32(3,4)5)30(37)21-25-14-17-34(6)18-15-25;1-2;2-1-3/h8-9,11-13,16,22,25,29,31H,7,10,14-15,17-21,23H2,1-6H3;1-2H3;1H,(H2,2,3). The number of nitrogens with two attached hydrogens (primary N) is 1. The van der Waals surface area contributed by atoms with Crippen LogP contribution in [0.1, 0.15) is 95.7 Å². The van der Waals surface area contributed by atoms with E-state index in [0.717, 1.165) is 64.1 Å². The van der Waals surface area contributed by atoms with Crippen molar-refractivity contribution in [3.63, 3.8) is 0 Å². The molecule has 1 aromatic heterocycles. The van der Waals surface area contributed by atoms with E-state index in [1.165, 1.54) is 16.7 Å². The largest absolute Gasteiger partial charge is 0.372 e. The molecule has 234 valence electrons. The number of rotatable bonds is 7. The number of hydrogen-bond donors (Lipinski definition) is 1. The minimum atomic E-state index is -0.00355. The fourth-order valence-corrected chi connectivity index (χ4v) is 6.22. The van der Waals surface area contributed by atoms with Gasteiger partial charge < -0.3 is 15.5 Å². The minimum Gasteiger partial charge on any atom is -0.372 e. The zero-order valence-electron chi connectivity index (χ0n) is 27.6. The van der Waals surface area contributed by atoms with E-state index >= 15 is 0 Å². The van der Waals surface area contributed by atoms with Gasteiger partial charge in [-0.05, 0) is 86.5 Å². The van der Waals surface area contributed by atoms with Crippen molar-refractivity contribution >= 4 is 12.3 Å². The molecule has 2 aliphatic rings. The number of carbonyl (C=O) groups excluding carboxylic acids is 2. The number of pyridine rings is 1. The van der Waals surface area contributed by atoms with Crippen LogP contribution in [0, 0.1) is 18.3 Å². The highest BCUT2D eigenvalue weighted by Crippen LogP contribution is 2.36. The molecule has 2 amide bonds. The molecule has 2 atom stereocenters. The molecule has 0 saturated carbocycles. The molecule has 0 bridgehead atoms. The first kappa shape index (κ1) is 35.4. The summed E-state index contributed by atoms with van der Waals surface area (Å²) in [7, 11) is 2.18. The molecular weight excluding hydrogens is 522 g/mol. The quantitative estimate of drug-likeness (QED) is 0.416. The highest BCUT2D eigenvalue weighted by Gasteiger charge is 2.41. The van der Waals surface area contributed by atoms with Crippen LogP contribution in [-0.4, -0.2) is 77.8 Å². The summed E-state index contributed by atoms with van der Waals surface area (Å²) in [5.41, 5.74) is 9.36. The highest BCUT2D eigenvalue weighted by molar-refractivity contribution is 5.77. The summed E-state index contributed by atoms with van der Waals surface area (Å²) < 4.78 is 0. The van der Waals surface area contributed by atoms with Crippen molar-refractivity contribution in [3.8, 4) is 0 Å². The molecule has 7 nitrogen and oxygen atoms in total. The van der Waals surface area contributed by atoms with Crippen LogP contribution < -0.4 is 5.73 Å². The number of benzene rings is 1. The van der Waals surface area contributed by atoms with Gasteiger partial charge in [0.05, 0.1) is 11.7 Å². The topological polar surface area (TPSA) is 82.8 Å². The van der Waals surface area contributed by atoms with Crippen molar-refractivity contribution < 1.29 is 9.59 Å². The molecule has 2 aliphatic heterocycles. The average molecular weight is 580 g/mol. The monoisotopic (exact) mass is 579 g/mol. The van der Waals surface area contributed by atoms with Gasteiger partial charge in [0, 0.05) is 38.3 Å². The second kappa shape index (κ2) is 17.4. The summed E-state index contributed by atoms with van der Waals surface area (Å²) in [5, 5.41) is 0. The fraction of sp³-hybridized carbons (Fsp3) is 0.629. The Labute approximate surface area is 255 Å². The van der Waals surface area contributed by atoms with Crippen LogP contribution >= 0.6 is 0 Å². The first-order valence-electron chi connectivity index (χ1n) is 16.0. The van der Waals surface area contributed by atoms with Gasteiger partial charge in [-0.2, -0.15) is 0 Å². The maximum atomic E-state index is 13.7. The second-order valence-electron chi connectivity index (χ2n) is 12.6. The van der Waals surface area contributed by atoms with Crippen LogP contribution in [0.15, 0.2) is 42.6 Å². The highest BCUT2D eigenvalue weighted by atomic mass is 16.2. The molecule has 2 fully saturated rings. The first-order chi connectivity index (χ1) is 20.1. The molecule has 0 spiro atoms. The Bertz CT molecular complexity index is 1080. The molecule has 2 unspecified atom stereocenters. The Balaban J connectivity index is 0.00000116. The number of carbonyl (C=O) groups is 2. The summed E-state index contributed by atoms with van der Waals surface area (Å²) in [6, 6.07) is 13.5. The van der Waals surface area contributed by atoms with Gasteiger partial charge in [0.1, 0.15) is 0 Å². The van der Waals surface area contributed by atoms with Crippen LogP contribution in [0.4, 0.5) is 0 Å². The van der Waals surface area contributed by atoms with E-state index in [0.29, 0.717) is 18.2 Å². The van der Waals surface area contributed by atoms with Crippen LogP contribution in [0.25, 0.3) is 0 Å². The SMILES string of the molecule is CC.CCCc1cc(C(c2ccccn2)N2CCN(C(=O)CC3CCN(C)CC3)C(C(C)(C)C)C2)ccc1C.NC=O. The summed E-state index contributed by atoms with van der Waals surface area (Å²) in [4.78, 5) is 34.3. The first-order valence-corrected chi connectivity index (χ1v) is 16.0. The van der Waals surface area contributed by atoms with E-state index in [4.69, 9.17) is 9.78 Å². The average Bonchev–Trinajstić information content (AvgIpc) is 2.98. The van der Waals surface area contributed by atoms with Gasteiger partial charge >= 0.3 is 0 Å². The molecule has 0 radical (unpaired) electrons. The fourth-order valence-electron chi connectivity index (χ4n) is 6.22. The third kappa shape index (κ3) is 9.91. The molecular formula is C35H57N5O2. The molecule has 3 heterocycles. The van der Waals surface area contributed by atoms with E-state index in [1.54, 1.807) is 0 Å². The lowest BCUT2D eigenvalue weighted by Crippen LogP contribution is -2.60. The molecule has 1 aromatic carbocycles. The molecule has 7 heteroatoms. The van der Waals surface area contributed by atoms with Gasteiger partial charge in [0.2, 0.25) is 12.3 Å². The Morgan fingerprint density at radius 2 is 1.76 bits per heavy atom. The maximum absolute atomic E-state index is 13.7. The Morgan fingerprint density at radius 1 is 1.10 bits per heavy atom. The van der Waals surface area contributed by atoms with Gasteiger partial charge in [-0.3, -0.25) is 19.5 Å². The van der Waals surface area contributed by atoms with E-state index in [-0.39, 0.29) is 23.9 Å². The number of hydrogen-bond acceptors (Lipinski definition) is 5. The third-order valence-electron chi connectivity index (χ3n) is 8.57. The van der Waals surface area contributed by atoms with Crippen LogP contribution in [0.3, 0.4) is 0 Å². The maximum Gasteiger partial charge on any atom is 0.223 e. The lowest BCUT2D eigenvalue weighted by atomic mass is 9.82. The summed E-state index contributed by atoms with van der Waals surface area (Å²) in [6.45, 7) is 20.1. The Morgan fingerprint density at radius 3 is 2.33 bits per heavy atom. The molecule has 42 heavy (non-hydrogen) atoms. The van der Waals surface area contributed by atoms with E-state index < -0.39 is 0 Å². The normalized spacial score (nSPS) is 19.1. The van der Waals surface area contributed by atoms with Crippen molar-refractivity contribution in [2.24, 2.45) is 17.1 Å². The van der Waals surface area contributed by atoms with E-state index in [9.17, 15) is 4.79 Å². The smallest absolute Gasteiger partial charge is 0.223 e. The van der Waals surface area contributed by atoms with Gasteiger partial charge in [-0.1, -0.05) is 72.2 Å². The van der Waals surface area contributed by atoms with Crippen LogP contribution in [0.5, 0.6) is 0 Å². The minimum absolute atomic E-state index is 0.00355. The number of likely N-dealkylation sites (tertiary alicyclic amines) is 1. The van der Waals surface area contributed by atoms with Crippen molar-refractivity contribution in [1.29, 1.82) is 0 Å². The lowest BCUT2D eigenvalue weighted by molar-refractivity contribution is -0.141. The van der Waals surface area contributed by atoms with Crippen molar-refractivity contribution in [3.05, 3.63) is 65.0 Å². The Hall–Kier alpha value is -2.77. The number of primary amides is 1. The molecule has 4 rings (SSSR count). The van der Waals surface area contributed by atoms with Crippen LogP contribution in [-0.2, 0) is 16.0 Å². The van der Waals surface area contributed by atoms with Gasteiger partial charge in [0.15, 0.2) is 0 Å².